The van der Waals surface area contributed by atoms with Crippen LogP contribution in [0.15, 0.2) is 29.2 Å². The first-order valence-corrected chi connectivity index (χ1v) is 7.54. The van der Waals surface area contributed by atoms with Gasteiger partial charge in [-0.1, -0.05) is 25.5 Å². The summed E-state index contributed by atoms with van der Waals surface area (Å²) in [6.07, 6.45) is 2.88. The summed E-state index contributed by atoms with van der Waals surface area (Å²) in [6, 6.07) is 8.91. The fourth-order valence-corrected chi connectivity index (χ4v) is 2.66. The molecule has 0 aliphatic rings. The number of rotatable bonds is 7. The van der Waals surface area contributed by atoms with Crippen LogP contribution in [-0.4, -0.2) is 15.0 Å². The molecular weight excluding hydrogens is 248 g/mol. The van der Waals surface area contributed by atoms with Crippen molar-refractivity contribution in [3.8, 4) is 6.07 Å². The van der Waals surface area contributed by atoms with E-state index in [1.165, 1.54) is 0 Å². The van der Waals surface area contributed by atoms with Gasteiger partial charge in [-0.2, -0.15) is 5.26 Å². The minimum absolute atomic E-state index is 0.277. The van der Waals surface area contributed by atoms with Gasteiger partial charge in [0.1, 0.15) is 0 Å². The Kier molecular flexibility index (Phi) is 5.83. The molecule has 0 bridgehead atoms. The van der Waals surface area contributed by atoms with E-state index in [9.17, 15) is 8.42 Å². The van der Waals surface area contributed by atoms with Crippen LogP contribution in [0.2, 0.25) is 0 Å². The van der Waals surface area contributed by atoms with E-state index in [4.69, 9.17) is 5.26 Å². The Morgan fingerprint density at radius 2 is 1.94 bits per heavy atom. The van der Waals surface area contributed by atoms with E-state index in [1.807, 2.05) is 18.2 Å². The van der Waals surface area contributed by atoms with E-state index in [-0.39, 0.29) is 4.90 Å². The Labute approximate surface area is 109 Å². The minimum Gasteiger partial charge on any atom is -0.211 e. The molecule has 0 aliphatic heterocycles. The molecule has 0 heterocycles. The summed E-state index contributed by atoms with van der Waals surface area (Å²) in [7, 11) is -3.43. The molecular formula is C13H18N2O2S. The lowest BCUT2D eigenvalue weighted by Gasteiger charge is -2.06. The number of nitrogens with one attached hydrogen (secondary N) is 1. The normalized spacial score (nSPS) is 11.1. The van der Waals surface area contributed by atoms with Crippen molar-refractivity contribution in [2.24, 2.45) is 0 Å². The van der Waals surface area contributed by atoms with Gasteiger partial charge in [0.25, 0.3) is 0 Å². The van der Waals surface area contributed by atoms with E-state index in [1.54, 1.807) is 12.1 Å². The van der Waals surface area contributed by atoms with E-state index in [0.717, 1.165) is 18.4 Å². The van der Waals surface area contributed by atoms with Crippen molar-refractivity contribution in [3.63, 3.8) is 0 Å². The lowest BCUT2D eigenvalue weighted by atomic mass is 10.1. The van der Waals surface area contributed by atoms with E-state index in [0.29, 0.717) is 19.4 Å². The molecule has 0 aromatic heterocycles. The number of benzene rings is 1. The molecule has 0 radical (unpaired) electrons. The van der Waals surface area contributed by atoms with Crippen LogP contribution in [0, 0.1) is 11.3 Å². The lowest BCUT2D eigenvalue weighted by molar-refractivity contribution is 0.579. The highest BCUT2D eigenvalue weighted by molar-refractivity contribution is 7.89. The molecule has 5 heteroatoms. The van der Waals surface area contributed by atoms with Gasteiger partial charge in [0.15, 0.2) is 0 Å². The molecule has 0 atom stereocenters. The van der Waals surface area contributed by atoms with Crippen LogP contribution in [-0.2, 0) is 16.4 Å². The summed E-state index contributed by atoms with van der Waals surface area (Å²) in [6.45, 7) is 2.38. The Balaban J connectivity index is 2.64. The minimum atomic E-state index is -3.43. The zero-order valence-corrected chi connectivity index (χ0v) is 11.3. The van der Waals surface area contributed by atoms with Gasteiger partial charge in [0.2, 0.25) is 10.0 Å². The van der Waals surface area contributed by atoms with Gasteiger partial charge in [-0.05, 0) is 30.5 Å². The summed E-state index contributed by atoms with van der Waals surface area (Å²) in [5.74, 6) is 0. The van der Waals surface area contributed by atoms with Crippen LogP contribution in [0.1, 0.15) is 31.7 Å². The Bertz CT molecular complexity index is 501. The zero-order valence-electron chi connectivity index (χ0n) is 10.5. The summed E-state index contributed by atoms with van der Waals surface area (Å²) in [5.41, 5.74) is 1.14. The highest BCUT2D eigenvalue weighted by atomic mass is 32.2. The van der Waals surface area contributed by atoms with E-state index < -0.39 is 10.0 Å². The average Bonchev–Trinajstić information content (AvgIpc) is 2.36. The second kappa shape index (κ2) is 7.14. The predicted octanol–water partition coefficient (Wildman–Crippen LogP) is 2.22. The highest BCUT2D eigenvalue weighted by Gasteiger charge is 2.12. The van der Waals surface area contributed by atoms with Gasteiger partial charge in [-0.15, -0.1) is 0 Å². The molecule has 0 saturated heterocycles. The maximum atomic E-state index is 11.9. The largest absolute Gasteiger partial charge is 0.240 e. The average molecular weight is 266 g/mol. The number of hydrogen-bond donors (Lipinski definition) is 1. The second-order valence-electron chi connectivity index (χ2n) is 4.05. The smallest absolute Gasteiger partial charge is 0.211 e. The molecule has 1 N–H and O–H groups in total. The van der Waals surface area contributed by atoms with Crippen molar-refractivity contribution in [1.82, 2.24) is 4.72 Å². The third kappa shape index (κ3) is 4.47. The first-order valence-electron chi connectivity index (χ1n) is 6.05. The maximum Gasteiger partial charge on any atom is 0.240 e. The molecule has 1 rings (SSSR count). The van der Waals surface area contributed by atoms with Crippen molar-refractivity contribution >= 4 is 10.0 Å². The predicted molar refractivity (Wildman–Crippen MR) is 70.5 cm³/mol. The van der Waals surface area contributed by atoms with Crippen molar-refractivity contribution in [2.45, 2.75) is 37.5 Å². The first kappa shape index (κ1) is 14.7. The second-order valence-corrected chi connectivity index (χ2v) is 5.82. The van der Waals surface area contributed by atoms with Crippen LogP contribution in [0.3, 0.4) is 0 Å². The summed E-state index contributed by atoms with van der Waals surface area (Å²) in [5, 5.41) is 8.37. The van der Waals surface area contributed by atoms with Crippen molar-refractivity contribution in [3.05, 3.63) is 29.8 Å². The van der Waals surface area contributed by atoms with Gasteiger partial charge in [0.05, 0.1) is 11.0 Å². The van der Waals surface area contributed by atoms with Crippen molar-refractivity contribution in [2.75, 3.05) is 6.54 Å². The molecule has 0 spiro atoms. The van der Waals surface area contributed by atoms with Gasteiger partial charge < -0.3 is 0 Å². The number of sulfonamides is 1. The fourth-order valence-electron chi connectivity index (χ4n) is 1.58. The number of nitriles is 1. The van der Waals surface area contributed by atoms with E-state index >= 15 is 0 Å². The molecule has 1 aromatic rings. The molecule has 0 unspecified atom stereocenters. The van der Waals surface area contributed by atoms with E-state index in [2.05, 4.69) is 11.6 Å². The molecule has 0 fully saturated rings. The third-order valence-electron chi connectivity index (χ3n) is 2.53. The number of hydrogen-bond acceptors (Lipinski definition) is 3. The van der Waals surface area contributed by atoms with Gasteiger partial charge in [0, 0.05) is 13.0 Å². The molecule has 98 valence electrons. The van der Waals surface area contributed by atoms with Gasteiger partial charge in [-0.3, -0.25) is 0 Å². The topological polar surface area (TPSA) is 70.0 Å². The molecule has 0 amide bonds. The van der Waals surface area contributed by atoms with Crippen LogP contribution in [0.25, 0.3) is 0 Å². The Morgan fingerprint density at radius 3 is 2.50 bits per heavy atom. The maximum absolute atomic E-state index is 11.9. The Hall–Kier alpha value is -1.38. The van der Waals surface area contributed by atoms with Crippen molar-refractivity contribution in [1.29, 1.82) is 5.26 Å². The quantitative estimate of drug-likeness (QED) is 0.769. The van der Waals surface area contributed by atoms with Crippen molar-refractivity contribution < 1.29 is 8.42 Å². The molecule has 4 nitrogen and oxygen atoms in total. The van der Waals surface area contributed by atoms with Crippen LogP contribution < -0.4 is 4.72 Å². The van der Waals surface area contributed by atoms with Crippen LogP contribution in [0.4, 0.5) is 0 Å². The standard InChI is InChI=1S/C13H18N2O2S/c1-2-5-12-6-8-13(9-7-12)18(16,17)15-11-4-3-10-14/h6-9,15H,2-5,11H2,1H3. The summed E-state index contributed by atoms with van der Waals surface area (Å²) in [4.78, 5) is 0.277. The monoisotopic (exact) mass is 266 g/mol. The number of unbranched alkanes of at least 4 members (excludes halogenated alkanes) is 1. The molecule has 0 aliphatic carbocycles. The van der Waals surface area contributed by atoms with Crippen LogP contribution >= 0.6 is 0 Å². The SMILES string of the molecule is CCCc1ccc(S(=O)(=O)NCCCC#N)cc1. The zero-order chi connectivity index (χ0) is 13.4. The molecule has 0 saturated carbocycles. The van der Waals surface area contributed by atoms with Gasteiger partial charge in [-0.25, -0.2) is 13.1 Å². The lowest BCUT2D eigenvalue weighted by Crippen LogP contribution is -2.24. The molecule has 1 aromatic carbocycles. The molecule has 18 heavy (non-hydrogen) atoms. The first-order chi connectivity index (χ1) is 8.60. The third-order valence-corrected chi connectivity index (χ3v) is 4.01. The fraction of sp³-hybridized carbons (Fsp3) is 0.462. The highest BCUT2D eigenvalue weighted by Crippen LogP contribution is 2.11. The summed E-state index contributed by atoms with van der Waals surface area (Å²) >= 11 is 0. The van der Waals surface area contributed by atoms with Gasteiger partial charge >= 0.3 is 0 Å². The van der Waals surface area contributed by atoms with Crippen LogP contribution in [0.5, 0.6) is 0 Å². The Morgan fingerprint density at radius 1 is 1.28 bits per heavy atom. The summed E-state index contributed by atoms with van der Waals surface area (Å²) < 4.78 is 26.2. The number of aryl methyl sites for hydroxylation is 1. The number of nitrogens with zero attached hydrogens (tertiary/aromatic N) is 1.